The van der Waals surface area contributed by atoms with Crippen LogP contribution in [0.15, 0.2) is 201 Å². The van der Waals surface area contributed by atoms with E-state index in [4.69, 9.17) is 9.97 Å². The zero-order valence-electron chi connectivity index (χ0n) is 32.9. The molecule has 9 aromatic rings. The van der Waals surface area contributed by atoms with E-state index in [1.807, 2.05) is 24.4 Å². The normalized spacial score (nSPS) is 14.0. The summed E-state index contributed by atoms with van der Waals surface area (Å²) in [5.41, 5.74) is 13.5. The van der Waals surface area contributed by atoms with Crippen LogP contribution in [0.4, 0.5) is 0 Å². The Morgan fingerprint density at radius 3 is 1.97 bits per heavy atom. The predicted molar refractivity (Wildman–Crippen MR) is 249 cm³/mol. The first kappa shape index (κ1) is 35.9. The van der Waals surface area contributed by atoms with E-state index in [9.17, 15) is 0 Å². The van der Waals surface area contributed by atoms with Crippen molar-refractivity contribution in [2.75, 3.05) is 0 Å². The second-order valence-electron chi connectivity index (χ2n) is 15.2. The standard InChI is InChI=1S/C56H41N3/c1-3-4-21-44-37(2)15-11-27-46(44)53-35-52(40-31-29-38(30-32-40)43-20-14-33-57-36-43)58-56(59-53)42-19-12-18-41(34-42)54-48-23-7-9-25-50(48)55(51-26-10-8-24-49(51)54)47-28-13-17-39-16-5-6-22-45(39)47/h3-33,35-36,42H,1,34H2,2H3/b21-4-. The van der Waals surface area contributed by atoms with Crippen molar-refractivity contribution >= 4 is 44.0 Å². The molecule has 3 heteroatoms. The van der Waals surface area contributed by atoms with Crippen LogP contribution in [0, 0.1) is 6.92 Å². The number of nitrogens with zero attached hydrogens (tertiary/aromatic N) is 3. The zero-order chi connectivity index (χ0) is 39.7. The van der Waals surface area contributed by atoms with Gasteiger partial charge in [-0.2, -0.15) is 0 Å². The lowest BCUT2D eigenvalue weighted by atomic mass is 9.81. The molecule has 2 aromatic heterocycles. The van der Waals surface area contributed by atoms with Crippen molar-refractivity contribution in [3.63, 3.8) is 0 Å². The van der Waals surface area contributed by atoms with E-state index in [1.165, 1.54) is 60.1 Å². The smallest absolute Gasteiger partial charge is 0.136 e. The molecule has 0 amide bonds. The summed E-state index contributed by atoms with van der Waals surface area (Å²) < 4.78 is 0. The zero-order valence-corrected chi connectivity index (χ0v) is 32.9. The second kappa shape index (κ2) is 15.5. The maximum absolute atomic E-state index is 5.41. The molecule has 0 aliphatic heterocycles. The van der Waals surface area contributed by atoms with Crippen molar-refractivity contribution in [3.05, 3.63) is 224 Å². The van der Waals surface area contributed by atoms with Crippen molar-refractivity contribution in [1.29, 1.82) is 0 Å². The largest absolute Gasteiger partial charge is 0.264 e. The molecule has 0 saturated heterocycles. The molecular weight excluding hydrogens is 715 g/mol. The average Bonchev–Trinajstić information content (AvgIpc) is 3.30. The molecule has 3 nitrogen and oxygen atoms in total. The minimum absolute atomic E-state index is 0.0457. The van der Waals surface area contributed by atoms with E-state index >= 15 is 0 Å². The predicted octanol–water partition coefficient (Wildman–Crippen LogP) is 14.6. The van der Waals surface area contributed by atoms with Gasteiger partial charge in [-0.05, 0) is 102 Å². The summed E-state index contributed by atoms with van der Waals surface area (Å²) in [6.45, 7) is 6.08. The highest BCUT2D eigenvalue weighted by atomic mass is 14.9. The highest BCUT2D eigenvalue weighted by molar-refractivity contribution is 6.21. The molecule has 2 heterocycles. The summed E-state index contributed by atoms with van der Waals surface area (Å²) in [5, 5.41) is 7.49. The molecular formula is C56H41N3. The van der Waals surface area contributed by atoms with Crippen LogP contribution in [0.2, 0.25) is 0 Å². The first-order chi connectivity index (χ1) is 29.1. The molecule has 0 spiro atoms. The Morgan fingerprint density at radius 2 is 1.24 bits per heavy atom. The van der Waals surface area contributed by atoms with Gasteiger partial charge in [0.1, 0.15) is 5.82 Å². The minimum atomic E-state index is -0.0457. The van der Waals surface area contributed by atoms with Crippen LogP contribution in [-0.2, 0) is 0 Å². The van der Waals surface area contributed by atoms with Crippen molar-refractivity contribution < 1.29 is 0 Å². The van der Waals surface area contributed by atoms with E-state index in [2.05, 4.69) is 188 Å². The van der Waals surface area contributed by atoms with Crippen LogP contribution in [0.5, 0.6) is 0 Å². The second-order valence-corrected chi connectivity index (χ2v) is 15.2. The Labute approximate surface area is 345 Å². The molecule has 1 aliphatic rings. The van der Waals surface area contributed by atoms with Crippen LogP contribution >= 0.6 is 0 Å². The van der Waals surface area contributed by atoms with E-state index in [1.54, 1.807) is 6.20 Å². The number of rotatable bonds is 8. The Balaban J connectivity index is 1.11. The fourth-order valence-corrected chi connectivity index (χ4v) is 8.82. The SMILES string of the molecule is C=C/C=C\c1c(C)cccc1-c1cc(-c2ccc(-c3cccnc3)cc2)nc(C2C=CC=C(c3c4ccccc4c(-c4cccc5ccccc45)c4ccccc34)C2)n1. The first-order valence-electron chi connectivity index (χ1n) is 20.2. The molecule has 0 N–H and O–H groups in total. The topological polar surface area (TPSA) is 38.7 Å². The quantitative estimate of drug-likeness (QED) is 0.114. The van der Waals surface area contributed by atoms with Gasteiger partial charge < -0.3 is 0 Å². The third kappa shape index (κ3) is 6.67. The molecule has 280 valence electrons. The summed E-state index contributed by atoms with van der Waals surface area (Å²) in [5.74, 6) is 0.757. The number of hydrogen-bond acceptors (Lipinski definition) is 3. The lowest BCUT2D eigenvalue weighted by molar-refractivity contribution is 0.786. The van der Waals surface area contributed by atoms with Gasteiger partial charge in [0.15, 0.2) is 0 Å². The van der Waals surface area contributed by atoms with Gasteiger partial charge in [0.25, 0.3) is 0 Å². The number of hydrogen-bond donors (Lipinski definition) is 0. The average molecular weight is 756 g/mol. The maximum atomic E-state index is 5.41. The molecule has 7 aromatic carbocycles. The summed E-state index contributed by atoms with van der Waals surface area (Å²) in [6.07, 6.45) is 17.2. The Kier molecular flexibility index (Phi) is 9.40. The summed E-state index contributed by atoms with van der Waals surface area (Å²) >= 11 is 0. The molecule has 0 saturated carbocycles. The van der Waals surface area contributed by atoms with Gasteiger partial charge in [0.2, 0.25) is 0 Å². The van der Waals surface area contributed by atoms with Crippen LogP contribution in [-0.4, -0.2) is 15.0 Å². The Bertz CT molecular complexity index is 3090. The van der Waals surface area contributed by atoms with E-state index in [0.29, 0.717) is 0 Å². The monoisotopic (exact) mass is 755 g/mol. The third-order valence-corrected chi connectivity index (χ3v) is 11.6. The van der Waals surface area contributed by atoms with Gasteiger partial charge in [-0.1, -0.05) is 183 Å². The van der Waals surface area contributed by atoms with Gasteiger partial charge in [0, 0.05) is 29.4 Å². The van der Waals surface area contributed by atoms with Gasteiger partial charge in [-0.3, -0.25) is 4.98 Å². The number of allylic oxidation sites excluding steroid dienone is 6. The van der Waals surface area contributed by atoms with E-state index in [0.717, 1.165) is 51.5 Å². The minimum Gasteiger partial charge on any atom is -0.264 e. The molecule has 0 radical (unpaired) electrons. The van der Waals surface area contributed by atoms with Crippen molar-refractivity contribution in [3.8, 4) is 44.8 Å². The van der Waals surface area contributed by atoms with Crippen LogP contribution in [0.25, 0.3) is 88.7 Å². The molecule has 0 fully saturated rings. The highest BCUT2D eigenvalue weighted by Gasteiger charge is 2.24. The van der Waals surface area contributed by atoms with E-state index < -0.39 is 0 Å². The summed E-state index contributed by atoms with van der Waals surface area (Å²) in [6, 6.07) is 54.4. The lowest BCUT2D eigenvalue weighted by Crippen LogP contribution is -2.08. The first-order valence-corrected chi connectivity index (χ1v) is 20.2. The number of pyridine rings is 1. The van der Waals surface area contributed by atoms with E-state index in [-0.39, 0.29) is 5.92 Å². The summed E-state index contributed by atoms with van der Waals surface area (Å²) in [7, 11) is 0. The Morgan fingerprint density at radius 1 is 0.593 bits per heavy atom. The molecule has 0 bridgehead atoms. The fourth-order valence-electron chi connectivity index (χ4n) is 8.82. The molecule has 10 rings (SSSR count). The van der Waals surface area contributed by atoms with Crippen LogP contribution in [0.3, 0.4) is 0 Å². The fraction of sp³-hybridized carbons (Fsp3) is 0.0536. The third-order valence-electron chi connectivity index (χ3n) is 11.6. The van der Waals surface area contributed by atoms with Gasteiger partial charge >= 0.3 is 0 Å². The molecule has 1 unspecified atom stereocenters. The number of benzene rings is 7. The van der Waals surface area contributed by atoms with Gasteiger partial charge in [-0.25, -0.2) is 9.97 Å². The summed E-state index contributed by atoms with van der Waals surface area (Å²) in [4.78, 5) is 15.1. The highest BCUT2D eigenvalue weighted by Crippen LogP contribution is 2.46. The maximum Gasteiger partial charge on any atom is 0.136 e. The number of fused-ring (bicyclic) bond motifs is 3. The van der Waals surface area contributed by atoms with Crippen molar-refractivity contribution in [2.24, 2.45) is 0 Å². The van der Waals surface area contributed by atoms with Crippen molar-refractivity contribution in [1.82, 2.24) is 15.0 Å². The molecule has 1 atom stereocenters. The van der Waals surface area contributed by atoms with Crippen LogP contribution < -0.4 is 0 Å². The molecule has 1 aliphatic carbocycles. The van der Waals surface area contributed by atoms with Crippen LogP contribution in [0.1, 0.15) is 34.9 Å². The number of aryl methyl sites for hydroxylation is 1. The Hall–Kier alpha value is -7.49. The molecule has 59 heavy (non-hydrogen) atoms. The van der Waals surface area contributed by atoms with Gasteiger partial charge in [-0.15, -0.1) is 0 Å². The van der Waals surface area contributed by atoms with Gasteiger partial charge in [0.05, 0.1) is 11.4 Å². The number of aromatic nitrogens is 3. The van der Waals surface area contributed by atoms with Crippen molar-refractivity contribution in [2.45, 2.75) is 19.3 Å². The lowest BCUT2D eigenvalue weighted by Gasteiger charge is -2.24.